The maximum absolute atomic E-state index is 12.4. The fourth-order valence-electron chi connectivity index (χ4n) is 3.01. The number of rotatable bonds is 4. The monoisotopic (exact) mass is 356 g/mol. The number of likely N-dealkylation sites (N-methyl/N-ethyl adjacent to an activating group) is 1. The number of aryl methyl sites for hydroxylation is 1. The predicted octanol–water partition coefficient (Wildman–Crippen LogP) is 0.885. The molecule has 2 aromatic rings. The molecule has 0 spiro atoms. The van der Waals surface area contributed by atoms with Crippen molar-refractivity contribution in [2.24, 2.45) is 0 Å². The van der Waals surface area contributed by atoms with Gasteiger partial charge in [-0.2, -0.15) is 0 Å². The minimum atomic E-state index is -0.428. The minimum Gasteiger partial charge on any atom is -0.355 e. The molecule has 3 rings (SSSR count). The van der Waals surface area contributed by atoms with Gasteiger partial charge in [-0.05, 0) is 31.2 Å². The number of carbonyl (C=O) groups excluding carboxylic acids is 1. The zero-order valence-corrected chi connectivity index (χ0v) is 14.9. The Morgan fingerprint density at radius 1 is 1.27 bits per heavy atom. The van der Waals surface area contributed by atoms with Gasteiger partial charge in [-0.3, -0.25) is 14.9 Å². The van der Waals surface area contributed by atoms with E-state index >= 15 is 0 Å². The van der Waals surface area contributed by atoms with E-state index in [0.717, 1.165) is 31.9 Å². The molecular formula is C18H22N5O3+. The number of anilines is 2. The molecule has 2 N–H and O–H groups in total. The van der Waals surface area contributed by atoms with Crippen LogP contribution in [0.5, 0.6) is 0 Å². The van der Waals surface area contributed by atoms with E-state index in [1.54, 1.807) is 24.3 Å². The van der Waals surface area contributed by atoms with Crippen LogP contribution in [0.15, 0.2) is 36.4 Å². The topological polar surface area (TPSA) is 92.8 Å². The molecule has 2 heterocycles. The lowest BCUT2D eigenvalue weighted by molar-refractivity contribution is -0.880. The molecule has 1 aliphatic heterocycles. The molecule has 8 nitrogen and oxygen atoms in total. The highest BCUT2D eigenvalue weighted by Crippen LogP contribution is 2.29. The van der Waals surface area contributed by atoms with Crippen molar-refractivity contribution in [3.63, 3.8) is 0 Å². The molecule has 1 amide bonds. The lowest BCUT2D eigenvalue weighted by Crippen LogP contribution is -3.12. The van der Waals surface area contributed by atoms with Crippen LogP contribution in [0.3, 0.4) is 0 Å². The third-order valence-corrected chi connectivity index (χ3v) is 4.52. The molecular weight excluding hydrogens is 334 g/mol. The number of piperazine rings is 1. The fraction of sp³-hybridized carbons (Fsp3) is 0.333. The maximum atomic E-state index is 12.4. The second kappa shape index (κ2) is 7.49. The normalized spacial score (nSPS) is 14.9. The number of nitro groups is 1. The molecule has 26 heavy (non-hydrogen) atoms. The fourth-order valence-corrected chi connectivity index (χ4v) is 3.01. The van der Waals surface area contributed by atoms with Crippen LogP contribution < -0.4 is 15.1 Å². The zero-order valence-electron chi connectivity index (χ0n) is 14.9. The van der Waals surface area contributed by atoms with Crippen molar-refractivity contribution >= 4 is 23.1 Å². The van der Waals surface area contributed by atoms with Crippen LogP contribution in [0, 0.1) is 17.0 Å². The summed E-state index contributed by atoms with van der Waals surface area (Å²) in [7, 11) is 2.11. The lowest BCUT2D eigenvalue weighted by Gasteiger charge is -2.31. The summed E-state index contributed by atoms with van der Waals surface area (Å²) in [5.74, 6) is 0.00402. The van der Waals surface area contributed by atoms with E-state index in [1.807, 2.05) is 17.9 Å². The van der Waals surface area contributed by atoms with Gasteiger partial charge in [-0.15, -0.1) is 0 Å². The summed E-state index contributed by atoms with van der Waals surface area (Å²) >= 11 is 0. The van der Waals surface area contributed by atoms with Crippen LogP contribution in [0.2, 0.25) is 0 Å². The highest BCUT2D eigenvalue weighted by Gasteiger charge is 2.25. The van der Waals surface area contributed by atoms with Gasteiger partial charge in [0.25, 0.3) is 11.6 Å². The molecule has 8 heteroatoms. The van der Waals surface area contributed by atoms with Gasteiger partial charge in [-0.25, -0.2) is 4.98 Å². The number of nitro benzene ring substituents is 1. The number of carbonyl (C=O) groups is 1. The van der Waals surface area contributed by atoms with Crippen LogP contribution in [0.25, 0.3) is 0 Å². The first-order chi connectivity index (χ1) is 12.4. The summed E-state index contributed by atoms with van der Waals surface area (Å²) in [5, 5.41) is 14.2. The molecule has 0 atom stereocenters. The minimum absolute atomic E-state index is 0.0468. The number of hydrogen-bond donors (Lipinski definition) is 2. The number of hydrogen-bond acceptors (Lipinski definition) is 5. The molecule has 1 saturated heterocycles. The van der Waals surface area contributed by atoms with E-state index in [1.165, 1.54) is 11.0 Å². The second-order valence-electron chi connectivity index (χ2n) is 6.52. The number of nitrogens with zero attached hydrogens (tertiary/aromatic N) is 3. The van der Waals surface area contributed by atoms with Crippen LogP contribution in [-0.4, -0.2) is 49.0 Å². The van der Waals surface area contributed by atoms with E-state index < -0.39 is 10.8 Å². The molecule has 1 aromatic carbocycles. The summed E-state index contributed by atoms with van der Waals surface area (Å²) in [6.07, 6.45) is 0. The molecule has 1 fully saturated rings. The Balaban J connectivity index is 1.83. The van der Waals surface area contributed by atoms with Gasteiger partial charge >= 0.3 is 0 Å². The summed E-state index contributed by atoms with van der Waals surface area (Å²) in [5.41, 5.74) is 1.53. The van der Waals surface area contributed by atoms with Crippen molar-refractivity contribution in [1.82, 2.24) is 4.98 Å². The van der Waals surface area contributed by atoms with Crippen molar-refractivity contribution in [2.75, 3.05) is 43.4 Å². The first-order valence-electron chi connectivity index (χ1n) is 8.54. The highest BCUT2D eigenvalue weighted by atomic mass is 16.6. The van der Waals surface area contributed by atoms with E-state index in [4.69, 9.17) is 0 Å². The second-order valence-corrected chi connectivity index (χ2v) is 6.52. The number of benzene rings is 1. The number of quaternary nitrogens is 1. The number of aromatic nitrogens is 1. The van der Waals surface area contributed by atoms with Gasteiger partial charge in [-0.1, -0.05) is 6.07 Å². The summed E-state index contributed by atoms with van der Waals surface area (Å²) in [4.78, 5) is 31.2. The Kier molecular flexibility index (Phi) is 5.13. The molecule has 0 aliphatic carbocycles. The Labute approximate surface area is 151 Å². The largest absolute Gasteiger partial charge is 0.355 e. The van der Waals surface area contributed by atoms with Crippen LogP contribution in [0.4, 0.5) is 17.2 Å². The molecule has 136 valence electrons. The third-order valence-electron chi connectivity index (χ3n) is 4.52. The van der Waals surface area contributed by atoms with E-state index in [0.29, 0.717) is 11.5 Å². The quantitative estimate of drug-likeness (QED) is 0.627. The molecule has 0 unspecified atom stereocenters. The molecule has 1 aliphatic rings. The summed E-state index contributed by atoms with van der Waals surface area (Å²) in [6, 6.07) is 9.92. The van der Waals surface area contributed by atoms with Crippen molar-refractivity contribution in [2.45, 2.75) is 6.92 Å². The smallest absolute Gasteiger partial charge is 0.293 e. The van der Waals surface area contributed by atoms with E-state index in [2.05, 4.69) is 17.3 Å². The Hall–Kier alpha value is -3.00. The third kappa shape index (κ3) is 3.97. The first-order valence-corrected chi connectivity index (χ1v) is 8.54. The van der Waals surface area contributed by atoms with Crippen LogP contribution >= 0.6 is 0 Å². The predicted molar refractivity (Wildman–Crippen MR) is 98.9 cm³/mol. The molecule has 1 aromatic heterocycles. The lowest BCUT2D eigenvalue weighted by atomic mass is 10.1. The van der Waals surface area contributed by atoms with E-state index in [9.17, 15) is 14.9 Å². The van der Waals surface area contributed by atoms with E-state index in [-0.39, 0.29) is 11.3 Å². The highest BCUT2D eigenvalue weighted by molar-refractivity contribution is 6.04. The molecule has 0 saturated carbocycles. The number of pyridine rings is 1. The van der Waals surface area contributed by atoms with Gasteiger partial charge in [0.15, 0.2) is 0 Å². The Morgan fingerprint density at radius 2 is 2.00 bits per heavy atom. The van der Waals surface area contributed by atoms with Gasteiger partial charge in [0.2, 0.25) is 0 Å². The number of nitrogens with one attached hydrogen (secondary N) is 2. The Bertz CT molecular complexity index is 831. The van der Waals surface area contributed by atoms with Crippen molar-refractivity contribution in [1.29, 1.82) is 0 Å². The van der Waals surface area contributed by atoms with Gasteiger partial charge in [0.05, 0.1) is 38.2 Å². The first kappa shape index (κ1) is 17.8. The summed E-state index contributed by atoms with van der Waals surface area (Å²) < 4.78 is 0. The number of amides is 1. The van der Waals surface area contributed by atoms with Crippen LogP contribution in [0.1, 0.15) is 16.1 Å². The van der Waals surface area contributed by atoms with Crippen LogP contribution in [-0.2, 0) is 0 Å². The van der Waals surface area contributed by atoms with Gasteiger partial charge in [0.1, 0.15) is 11.5 Å². The van der Waals surface area contributed by atoms with Crippen molar-refractivity contribution < 1.29 is 14.6 Å². The Morgan fingerprint density at radius 3 is 2.65 bits per heavy atom. The van der Waals surface area contributed by atoms with Gasteiger partial charge < -0.3 is 15.1 Å². The van der Waals surface area contributed by atoms with Crippen molar-refractivity contribution in [3.05, 3.63) is 57.8 Å². The summed E-state index contributed by atoms with van der Waals surface area (Å²) in [6.45, 7) is 5.20. The maximum Gasteiger partial charge on any atom is 0.293 e. The molecule has 0 radical (unpaired) electrons. The SMILES string of the molecule is Cc1cccc(NC(=O)c2ccc(N3CC[NH+](C)CC3)c([N+](=O)[O-])c2)n1. The average Bonchev–Trinajstić information content (AvgIpc) is 2.62. The van der Waals surface area contributed by atoms with Crippen molar-refractivity contribution in [3.8, 4) is 0 Å². The molecule has 0 bridgehead atoms. The zero-order chi connectivity index (χ0) is 18.7. The van der Waals surface area contributed by atoms with Gasteiger partial charge in [0, 0.05) is 17.3 Å². The standard InChI is InChI=1S/C18H21N5O3/c1-13-4-3-5-17(19-13)20-18(24)14-6-7-15(16(12-14)23(25)26)22-10-8-21(2)9-11-22/h3-7,12H,8-11H2,1-2H3,(H,19,20,24)/p+1. The average molecular weight is 356 g/mol.